The van der Waals surface area contributed by atoms with Crippen LogP contribution in [0.5, 0.6) is 0 Å². The largest absolute Gasteiger partial charge is 0.433 e. The number of benzene rings is 1. The van der Waals surface area contributed by atoms with Crippen molar-refractivity contribution in [3.63, 3.8) is 0 Å². The molecule has 0 aliphatic carbocycles. The summed E-state index contributed by atoms with van der Waals surface area (Å²) < 4.78 is 66.1. The van der Waals surface area contributed by atoms with E-state index in [1.165, 1.54) is 11.5 Å². The molecule has 29 heavy (non-hydrogen) atoms. The molecule has 0 amide bonds. The van der Waals surface area contributed by atoms with E-state index in [1.807, 2.05) is 0 Å². The molecule has 0 saturated carbocycles. The van der Waals surface area contributed by atoms with Gasteiger partial charge in [-0.15, -0.1) is 10.2 Å². The minimum Gasteiger partial charge on any atom is -0.324 e. The quantitative estimate of drug-likeness (QED) is 0.504. The predicted molar refractivity (Wildman–Crippen MR) is 99.8 cm³/mol. The number of aromatic nitrogens is 5. The normalized spacial score (nSPS) is 12.7. The van der Waals surface area contributed by atoms with Crippen molar-refractivity contribution >= 4 is 31.8 Å². The number of alkyl halides is 3. The van der Waals surface area contributed by atoms with Crippen molar-refractivity contribution in [2.45, 2.75) is 18.0 Å². The van der Waals surface area contributed by atoms with Crippen molar-refractivity contribution in [1.29, 1.82) is 0 Å². The number of rotatable bonds is 3. The number of sulfone groups is 1. The van der Waals surface area contributed by atoms with E-state index in [0.29, 0.717) is 16.4 Å². The summed E-state index contributed by atoms with van der Waals surface area (Å²) in [7, 11) is -2.19. The standard InChI is InChI=1S/C18H14F3N5O2S/c1-3-29(27,28)16-10-6-4-5-7-11(10)24-25-15(16)17-23-12-8-14(18(19,20)21)22-9-13(12)26(17)2/h4-9H,3H2,1-2H3. The molecule has 3 aromatic heterocycles. The molecule has 0 spiro atoms. The summed E-state index contributed by atoms with van der Waals surface area (Å²) in [6.07, 6.45) is -3.57. The van der Waals surface area contributed by atoms with Gasteiger partial charge in [0, 0.05) is 12.4 Å². The van der Waals surface area contributed by atoms with Crippen LogP contribution in [0.25, 0.3) is 33.5 Å². The van der Waals surface area contributed by atoms with Crippen LogP contribution in [-0.2, 0) is 23.1 Å². The van der Waals surface area contributed by atoms with Crippen molar-refractivity contribution in [2.75, 3.05) is 5.75 Å². The minimum atomic E-state index is -4.62. The Hall–Kier alpha value is -3.08. The molecule has 0 aliphatic rings. The molecule has 4 rings (SSSR count). The van der Waals surface area contributed by atoms with Crippen molar-refractivity contribution in [1.82, 2.24) is 24.7 Å². The maximum atomic E-state index is 13.0. The lowest BCUT2D eigenvalue weighted by Crippen LogP contribution is -2.10. The number of aryl methyl sites for hydroxylation is 1. The van der Waals surface area contributed by atoms with Gasteiger partial charge in [0.05, 0.1) is 28.5 Å². The number of imidazole rings is 1. The SMILES string of the molecule is CCS(=O)(=O)c1c(-c2nc3cc(C(F)(F)F)ncc3n2C)nnc2ccccc12. The first-order valence-corrected chi connectivity index (χ1v) is 10.2. The highest BCUT2D eigenvalue weighted by Gasteiger charge is 2.33. The summed E-state index contributed by atoms with van der Waals surface area (Å²) in [6, 6.07) is 7.45. The predicted octanol–water partition coefficient (Wildman–Crippen LogP) is 3.39. The fourth-order valence-electron chi connectivity index (χ4n) is 3.09. The van der Waals surface area contributed by atoms with E-state index in [2.05, 4.69) is 20.2 Å². The van der Waals surface area contributed by atoms with E-state index in [-0.39, 0.29) is 27.7 Å². The Morgan fingerprint density at radius 1 is 1.10 bits per heavy atom. The molecule has 0 N–H and O–H groups in total. The fraction of sp³-hybridized carbons (Fsp3) is 0.222. The molecule has 7 nitrogen and oxygen atoms in total. The molecule has 0 fully saturated rings. The van der Waals surface area contributed by atoms with E-state index in [1.54, 1.807) is 31.3 Å². The Morgan fingerprint density at radius 3 is 2.52 bits per heavy atom. The average molecular weight is 421 g/mol. The summed E-state index contributed by atoms with van der Waals surface area (Å²) in [5.41, 5.74) is -0.371. The monoisotopic (exact) mass is 421 g/mol. The first kappa shape index (κ1) is 19.2. The van der Waals surface area contributed by atoms with Gasteiger partial charge in [-0.05, 0) is 12.1 Å². The lowest BCUT2D eigenvalue weighted by Gasteiger charge is -2.11. The minimum absolute atomic E-state index is 0.0159. The lowest BCUT2D eigenvalue weighted by atomic mass is 10.2. The first-order valence-electron chi connectivity index (χ1n) is 8.51. The van der Waals surface area contributed by atoms with Gasteiger partial charge in [-0.3, -0.25) is 0 Å². The maximum Gasteiger partial charge on any atom is 0.433 e. The molecule has 4 aromatic rings. The van der Waals surface area contributed by atoms with Gasteiger partial charge in [-0.1, -0.05) is 25.1 Å². The Labute approximate surface area is 163 Å². The summed E-state index contributed by atoms with van der Waals surface area (Å²) in [5, 5.41) is 8.51. The van der Waals surface area contributed by atoms with Crippen LogP contribution in [-0.4, -0.2) is 38.9 Å². The van der Waals surface area contributed by atoms with Crippen LogP contribution in [0.2, 0.25) is 0 Å². The summed E-state index contributed by atoms with van der Waals surface area (Å²) in [5.74, 6) is -0.0919. The van der Waals surface area contributed by atoms with Gasteiger partial charge in [0.2, 0.25) is 0 Å². The number of halogens is 3. The van der Waals surface area contributed by atoms with Crippen molar-refractivity contribution in [2.24, 2.45) is 7.05 Å². The zero-order valence-corrected chi connectivity index (χ0v) is 16.1. The third-order valence-corrected chi connectivity index (χ3v) is 6.38. The van der Waals surface area contributed by atoms with Crippen LogP contribution < -0.4 is 0 Å². The van der Waals surface area contributed by atoms with Crippen LogP contribution in [0.3, 0.4) is 0 Å². The van der Waals surface area contributed by atoms with Crippen LogP contribution >= 0.6 is 0 Å². The van der Waals surface area contributed by atoms with Crippen molar-refractivity contribution in [3.8, 4) is 11.5 Å². The Kier molecular flexibility index (Phi) is 4.30. The zero-order valence-electron chi connectivity index (χ0n) is 15.3. The third kappa shape index (κ3) is 3.11. The molecule has 11 heteroatoms. The molecule has 0 aliphatic heterocycles. The van der Waals surface area contributed by atoms with E-state index >= 15 is 0 Å². The Balaban J connectivity index is 2.06. The van der Waals surface area contributed by atoms with Gasteiger partial charge in [0.1, 0.15) is 16.3 Å². The number of hydrogen-bond acceptors (Lipinski definition) is 6. The topological polar surface area (TPSA) is 90.6 Å². The second kappa shape index (κ2) is 6.48. The second-order valence-corrected chi connectivity index (χ2v) is 8.56. The van der Waals surface area contributed by atoms with E-state index < -0.39 is 21.7 Å². The van der Waals surface area contributed by atoms with Crippen molar-refractivity contribution in [3.05, 3.63) is 42.2 Å². The number of nitrogens with zero attached hydrogens (tertiary/aromatic N) is 5. The summed E-state index contributed by atoms with van der Waals surface area (Å²) >= 11 is 0. The molecular weight excluding hydrogens is 407 g/mol. The average Bonchev–Trinajstić information content (AvgIpc) is 3.02. The molecule has 0 atom stereocenters. The summed E-state index contributed by atoms with van der Waals surface area (Å²) in [4.78, 5) is 7.62. The van der Waals surface area contributed by atoms with Gasteiger partial charge < -0.3 is 4.57 Å². The Bertz CT molecular complexity index is 1360. The van der Waals surface area contributed by atoms with E-state index in [0.717, 1.165) is 12.3 Å². The number of fused-ring (bicyclic) bond motifs is 2. The molecule has 0 unspecified atom stereocenters. The fourth-order valence-corrected chi connectivity index (χ4v) is 4.31. The molecule has 1 aromatic carbocycles. The zero-order chi connectivity index (χ0) is 21.0. The number of pyridine rings is 1. The van der Waals surface area contributed by atoms with Gasteiger partial charge >= 0.3 is 6.18 Å². The van der Waals surface area contributed by atoms with Crippen LogP contribution in [0, 0.1) is 0 Å². The summed E-state index contributed by atoms with van der Waals surface area (Å²) in [6.45, 7) is 1.50. The van der Waals surface area contributed by atoms with Gasteiger partial charge in [-0.2, -0.15) is 13.2 Å². The second-order valence-electron chi connectivity index (χ2n) is 6.35. The molecule has 0 radical (unpaired) electrons. The van der Waals surface area contributed by atoms with E-state index in [9.17, 15) is 21.6 Å². The highest BCUT2D eigenvalue weighted by atomic mass is 32.2. The maximum absolute atomic E-state index is 13.0. The molecule has 0 bridgehead atoms. The van der Waals surface area contributed by atoms with Crippen LogP contribution in [0.4, 0.5) is 13.2 Å². The molecule has 3 heterocycles. The van der Waals surface area contributed by atoms with Gasteiger partial charge in [0.15, 0.2) is 15.7 Å². The van der Waals surface area contributed by atoms with Crippen molar-refractivity contribution < 1.29 is 21.6 Å². The van der Waals surface area contributed by atoms with Crippen LogP contribution in [0.15, 0.2) is 41.4 Å². The molecular formula is C18H14F3N5O2S. The molecule has 150 valence electrons. The van der Waals surface area contributed by atoms with Crippen LogP contribution in [0.1, 0.15) is 12.6 Å². The van der Waals surface area contributed by atoms with E-state index in [4.69, 9.17) is 0 Å². The first-order chi connectivity index (χ1) is 13.6. The third-order valence-electron chi connectivity index (χ3n) is 4.58. The highest BCUT2D eigenvalue weighted by molar-refractivity contribution is 7.91. The lowest BCUT2D eigenvalue weighted by molar-refractivity contribution is -0.141. The molecule has 0 saturated heterocycles. The smallest absolute Gasteiger partial charge is 0.324 e. The highest BCUT2D eigenvalue weighted by Crippen LogP contribution is 2.34. The van der Waals surface area contributed by atoms with Gasteiger partial charge in [-0.25, -0.2) is 18.4 Å². The number of hydrogen-bond donors (Lipinski definition) is 0. The van der Waals surface area contributed by atoms with Gasteiger partial charge in [0.25, 0.3) is 0 Å². The Morgan fingerprint density at radius 2 is 1.83 bits per heavy atom.